The monoisotopic (exact) mass is 368 g/mol. The number of nitrogens with zero attached hydrogens (tertiary/aromatic N) is 1. The number of halogens is 1. The Morgan fingerprint density at radius 3 is 2.59 bits per heavy atom. The highest BCUT2D eigenvalue weighted by atomic mass is 79.9. The number of amides is 1. The summed E-state index contributed by atoms with van der Waals surface area (Å²) in [6, 6.07) is 3.68. The normalized spacial score (nSPS) is 12.1. The van der Waals surface area contributed by atoms with Crippen LogP contribution in [0.1, 0.15) is 17.3 Å². The highest BCUT2D eigenvalue weighted by Gasteiger charge is 2.24. The van der Waals surface area contributed by atoms with E-state index in [-0.39, 0.29) is 0 Å². The van der Waals surface area contributed by atoms with Gasteiger partial charge in [-0.2, -0.15) is 0 Å². The fourth-order valence-electron chi connectivity index (χ4n) is 2.03. The van der Waals surface area contributed by atoms with Gasteiger partial charge in [-0.25, -0.2) is 0 Å². The summed E-state index contributed by atoms with van der Waals surface area (Å²) < 4.78 is 1.94. The molecule has 7 nitrogen and oxygen atoms in total. The van der Waals surface area contributed by atoms with Gasteiger partial charge in [0.2, 0.25) is 0 Å². The molecule has 2 aromatic rings. The van der Waals surface area contributed by atoms with Crippen LogP contribution in [0.3, 0.4) is 0 Å². The van der Waals surface area contributed by atoms with Crippen LogP contribution in [-0.4, -0.2) is 32.7 Å². The Morgan fingerprint density at radius 1 is 1.36 bits per heavy atom. The van der Waals surface area contributed by atoms with Crippen molar-refractivity contribution in [2.45, 2.75) is 13.0 Å². The Balaban J connectivity index is 2.65. The lowest BCUT2D eigenvalue weighted by molar-refractivity contribution is -0.138. The molecule has 0 radical (unpaired) electrons. The molecule has 1 atom stereocenters. The number of benzene rings is 1. The second-order valence-electron chi connectivity index (χ2n) is 4.78. The number of fused-ring (bicyclic) bond motifs is 1. The summed E-state index contributed by atoms with van der Waals surface area (Å²) in [6.07, 6.45) is 0. The van der Waals surface area contributed by atoms with E-state index in [0.29, 0.717) is 15.4 Å². The number of rotatable bonds is 3. The van der Waals surface area contributed by atoms with Gasteiger partial charge in [0.1, 0.15) is 17.4 Å². The molecule has 1 aromatic carbocycles. The third-order valence-corrected chi connectivity index (χ3v) is 3.77. The Kier molecular flexibility index (Phi) is 4.23. The van der Waals surface area contributed by atoms with Crippen molar-refractivity contribution in [2.75, 3.05) is 0 Å². The fraction of sp³-hybridized carbons (Fsp3) is 0.214. The molecular formula is C14H13BrN2O5. The maximum Gasteiger partial charge on any atom is 0.325 e. The number of nitrogens with one attached hydrogen (secondary N) is 1. The van der Waals surface area contributed by atoms with Crippen molar-refractivity contribution in [3.63, 3.8) is 0 Å². The van der Waals surface area contributed by atoms with Crippen molar-refractivity contribution >= 4 is 38.7 Å². The first-order valence-corrected chi connectivity index (χ1v) is 7.08. The number of aromatic hydroxyl groups is 1. The maximum absolute atomic E-state index is 12.3. The van der Waals surface area contributed by atoms with Crippen LogP contribution in [0.25, 0.3) is 10.9 Å². The number of carbonyl (C=O) groups excluding carboxylic acids is 1. The van der Waals surface area contributed by atoms with Crippen molar-refractivity contribution in [2.24, 2.45) is 7.05 Å². The zero-order valence-corrected chi connectivity index (χ0v) is 13.3. The maximum atomic E-state index is 12.3. The first-order valence-electron chi connectivity index (χ1n) is 6.29. The number of aryl methyl sites for hydroxylation is 1. The van der Waals surface area contributed by atoms with E-state index in [0.717, 1.165) is 0 Å². The molecule has 0 saturated carbocycles. The van der Waals surface area contributed by atoms with Crippen LogP contribution in [0.4, 0.5) is 0 Å². The van der Waals surface area contributed by atoms with Crippen LogP contribution in [0.5, 0.6) is 5.75 Å². The predicted molar refractivity (Wildman–Crippen MR) is 83.1 cm³/mol. The number of aliphatic carboxylic acids is 1. The van der Waals surface area contributed by atoms with Crippen LogP contribution in [0.2, 0.25) is 0 Å². The molecule has 22 heavy (non-hydrogen) atoms. The number of aromatic nitrogens is 1. The van der Waals surface area contributed by atoms with Crippen LogP contribution in [0, 0.1) is 0 Å². The Labute approximate surface area is 133 Å². The molecule has 3 N–H and O–H groups in total. The first kappa shape index (κ1) is 16.0. The zero-order chi connectivity index (χ0) is 16.6. The molecule has 1 heterocycles. The molecule has 0 spiro atoms. The summed E-state index contributed by atoms with van der Waals surface area (Å²) >= 11 is 3.27. The van der Waals surface area contributed by atoms with E-state index < -0.39 is 34.8 Å². The molecule has 2 rings (SSSR count). The number of hydrogen-bond acceptors (Lipinski definition) is 4. The molecule has 0 fully saturated rings. The van der Waals surface area contributed by atoms with Crippen molar-refractivity contribution in [1.29, 1.82) is 0 Å². The summed E-state index contributed by atoms with van der Waals surface area (Å²) in [7, 11) is 1.47. The Hall–Kier alpha value is -2.35. The van der Waals surface area contributed by atoms with Crippen LogP contribution < -0.4 is 10.9 Å². The molecular weight excluding hydrogens is 356 g/mol. The first-order chi connectivity index (χ1) is 10.2. The average Bonchev–Trinajstić information content (AvgIpc) is 2.44. The molecule has 1 aromatic heterocycles. The minimum absolute atomic E-state index is 0.318. The van der Waals surface area contributed by atoms with E-state index in [1.54, 1.807) is 18.2 Å². The molecule has 116 valence electrons. The second-order valence-corrected chi connectivity index (χ2v) is 5.70. The van der Waals surface area contributed by atoms with E-state index in [4.69, 9.17) is 5.11 Å². The number of carboxylic acids is 1. The van der Waals surface area contributed by atoms with Gasteiger partial charge in [0.15, 0.2) is 0 Å². The highest BCUT2D eigenvalue weighted by molar-refractivity contribution is 9.10. The number of carboxylic acid groups (broad SMARTS) is 1. The third-order valence-electron chi connectivity index (χ3n) is 3.28. The van der Waals surface area contributed by atoms with Gasteiger partial charge < -0.3 is 20.1 Å². The Bertz CT molecular complexity index is 843. The van der Waals surface area contributed by atoms with Gasteiger partial charge in [-0.3, -0.25) is 14.4 Å². The van der Waals surface area contributed by atoms with E-state index in [9.17, 15) is 19.5 Å². The van der Waals surface area contributed by atoms with Gasteiger partial charge >= 0.3 is 5.97 Å². The summed E-state index contributed by atoms with van der Waals surface area (Å²) in [5.74, 6) is -2.65. The standard InChI is InChI=1S/C14H13BrN2O5/c1-6(14(21)22)16-12(19)10-11(18)8-4-3-7(15)5-9(8)17(2)13(10)20/h3-6,18H,1-2H3,(H,16,19)(H,21,22)/t6-/m0/s1. The molecule has 0 unspecified atom stereocenters. The smallest absolute Gasteiger partial charge is 0.325 e. The van der Waals surface area contributed by atoms with E-state index in [2.05, 4.69) is 21.2 Å². The van der Waals surface area contributed by atoms with Crippen LogP contribution >= 0.6 is 15.9 Å². The van der Waals surface area contributed by atoms with Crippen LogP contribution in [0.15, 0.2) is 27.5 Å². The summed E-state index contributed by atoms with van der Waals surface area (Å²) in [5.41, 5.74) is -0.747. The second kappa shape index (κ2) is 5.80. The SMILES string of the molecule is C[C@H](NC(=O)c1c(O)c2ccc(Br)cc2n(C)c1=O)C(=O)O. The van der Waals surface area contributed by atoms with Crippen molar-refractivity contribution in [3.8, 4) is 5.75 Å². The lowest BCUT2D eigenvalue weighted by Crippen LogP contribution is -2.41. The van der Waals surface area contributed by atoms with E-state index >= 15 is 0 Å². The molecule has 1 amide bonds. The van der Waals surface area contributed by atoms with Gasteiger partial charge in [-0.05, 0) is 25.1 Å². The lowest BCUT2D eigenvalue weighted by atomic mass is 10.1. The summed E-state index contributed by atoms with van der Waals surface area (Å²) in [6.45, 7) is 1.26. The largest absolute Gasteiger partial charge is 0.506 e. The quantitative estimate of drug-likeness (QED) is 0.754. The minimum Gasteiger partial charge on any atom is -0.506 e. The van der Waals surface area contributed by atoms with E-state index in [1.807, 2.05) is 0 Å². The van der Waals surface area contributed by atoms with Crippen LogP contribution in [-0.2, 0) is 11.8 Å². The van der Waals surface area contributed by atoms with Gasteiger partial charge in [0, 0.05) is 16.9 Å². The fourth-order valence-corrected chi connectivity index (χ4v) is 2.38. The minimum atomic E-state index is -1.24. The molecule has 8 heteroatoms. The molecule has 0 aliphatic carbocycles. The summed E-state index contributed by atoms with van der Waals surface area (Å²) in [4.78, 5) is 35.2. The third kappa shape index (κ3) is 2.69. The van der Waals surface area contributed by atoms with Crippen molar-refractivity contribution < 1.29 is 19.8 Å². The lowest BCUT2D eigenvalue weighted by Gasteiger charge is -2.13. The number of pyridine rings is 1. The van der Waals surface area contributed by atoms with Gasteiger partial charge in [-0.15, -0.1) is 0 Å². The predicted octanol–water partition coefficient (Wildman–Crippen LogP) is 1.21. The van der Waals surface area contributed by atoms with Gasteiger partial charge in [0.05, 0.1) is 5.52 Å². The zero-order valence-electron chi connectivity index (χ0n) is 11.8. The molecule has 0 saturated heterocycles. The number of carbonyl (C=O) groups is 2. The average molecular weight is 369 g/mol. The topological polar surface area (TPSA) is 109 Å². The highest BCUT2D eigenvalue weighted by Crippen LogP contribution is 2.28. The Morgan fingerprint density at radius 2 is 2.00 bits per heavy atom. The van der Waals surface area contributed by atoms with Gasteiger partial charge in [-0.1, -0.05) is 15.9 Å². The molecule has 0 bridgehead atoms. The summed E-state index contributed by atoms with van der Waals surface area (Å²) in [5, 5.41) is 21.5. The molecule has 0 aliphatic heterocycles. The molecule has 0 aliphatic rings. The van der Waals surface area contributed by atoms with Crippen molar-refractivity contribution in [3.05, 3.63) is 38.6 Å². The van der Waals surface area contributed by atoms with Crippen molar-refractivity contribution in [1.82, 2.24) is 9.88 Å². The number of hydrogen-bond donors (Lipinski definition) is 3. The van der Waals surface area contributed by atoms with Gasteiger partial charge in [0.25, 0.3) is 11.5 Å². The van der Waals surface area contributed by atoms with E-state index in [1.165, 1.54) is 18.5 Å².